The standard InChI is InChI=1S/C18H34N2/c1-18(2)11-5-8-15(17(18)19-3)13-20-12-6-9-14-7-4-10-16(14)20/h14-17,19H,4-13H2,1-3H3. The van der Waals surface area contributed by atoms with Gasteiger partial charge in [-0.1, -0.05) is 26.7 Å². The number of nitrogens with one attached hydrogen (secondary N) is 1. The van der Waals surface area contributed by atoms with Gasteiger partial charge in [-0.3, -0.25) is 4.90 Å². The molecule has 0 aromatic carbocycles. The van der Waals surface area contributed by atoms with Gasteiger partial charge in [-0.25, -0.2) is 0 Å². The predicted octanol–water partition coefficient (Wildman–Crippen LogP) is 3.67. The summed E-state index contributed by atoms with van der Waals surface area (Å²) in [5.41, 5.74) is 0.475. The third-order valence-electron chi connectivity index (χ3n) is 6.60. The van der Waals surface area contributed by atoms with Crippen molar-refractivity contribution in [2.75, 3.05) is 20.1 Å². The van der Waals surface area contributed by atoms with Crippen molar-refractivity contribution in [1.29, 1.82) is 0 Å². The number of piperidine rings is 1. The molecule has 20 heavy (non-hydrogen) atoms. The van der Waals surface area contributed by atoms with E-state index in [9.17, 15) is 0 Å². The zero-order valence-corrected chi connectivity index (χ0v) is 13.8. The third-order valence-corrected chi connectivity index (χ3v) is 6.60. The Bertz CT molecular complexity index is 325. The van der Waals surface area contributed by atoms with Crippen molar-refractivity contribution >= 4 is 0 Å². The monoisotopic (exact) mass is 278 g/mol. The summed E-state index contributed by atoms with van der Waals surface area (Å²) in [4.78, 5) is 2.89. The minimum Gasteiger partial charge on any atom is -0.316 e. The Labute approximate surface area is 125 Å². The summed E-state index contributed by atoms with van der Waals surface area (Å²) >= 11 is 0. The fraction of sp³-hybridized carbons (Fsp3) is 1.00. The number of fused-ring (bicyclic) bond motifs is 1. The average Bonchev–Trinajstić information content (AvgIpc) is 2.87. The lowest BCUT2D eigenvalue weighted by atomic mass is 9.67. The van der Waals surface area contributed by atoms with Crippen molar-refractivity contribution in [2.45, 2.75) is 77.3 Å². The summed E-state index contributed by atoms with van der Waals surface area (Å²) in [6, 6.07) is 1.64. The third kappa shape index (κ3) is 2.78. The SMILES string of the molecule is CNC1C(CN2CCCC3CCCC32)CCCC1(C)C. The minimum atomic E-state index is 0.475. The number of likely N-dealkylation sites (tertiary alicyclic amines) is 1. The molecule has 2 aliphatic carbocycles. The van der Waals surface area contributed by atoms with E-state index >= 15 is 0 Å². The molecular formula is C18H34N2. The first-order valence-corrected chi connectivity index (χ1v) is 9.03. The van der Waals surface area contributed by atoms with E-state index < -0.39 is 0 Å². The Morgan fingerprint density at radius 3 is 2.65 bits per heavy atom. The largest absolute Gasteiger partial charge is 0.316 e. The van der Waals surface area contributed by atoms with Gasteiger partial charge in [0.15, 0.2) is 0 Å². The van der Waals surface area contributed by atoms with E-state index in [0.717, 1.165) is 17.9 Å². The second-order valence-electron chi connectivity index (χ2n) is 8.30. The van der Waals surface area contributed by atoms with Crippen LogP contribution in [0.5, 0.6) is 0 Å². The quantitative estimate of drug-likeness (QED) is 0.847. The van der Waals surface area contributed by atoms with E-state index in [4.69, 9.17) is 0 Å². The van der Waals surface area contributed by atoms with Gasteiger partial charge < -0.3 is 5.32 Å². The van der Waals surface area contributed by atoms with Gasteiger partial charge in [0, 0.05) is 18.6 Å². The van der Waals surface area contributed by atoms with Crippen LogP contribution in [0.4, 0.5) is 0 Å². The molecule has 0 bridgehead atoms. The van der Waals surface area contributed by atoms with Crippen LogP contribution in [0, 0.1) is 17.3 Å². The fourth-order valence-corrected chi connectivity index (χ4v) is 5.69. The molecule has 1 aliphatic heterocycles. The van der Waals surface area contributed by atoms with E-state index in [2.05, 4.69) is 31.1 Å². The van der Waals surface area contributed by atoms with E-state index in [1.807, 2.05) is 0 Å². The summed E-state index contributed by atoms with van der Waals surface area (Å²) in [5.74, 6) is 1.90. The van der Waals surface area contributed by atoms with Crippen molar-refractivity contribution in [2.24, 2.45) is 17.3 Å². The maximum Gasteiger partial charge on any atom is 0.0156 e. The number of hydrogen-bond donors (Lipinski definition) is 1. The number of hydrogen-bond acceptors (Lipinski definition) is 2. The first-order chi connectivity index (χ1) is 9.62. The molecule has 4 atom stereocenters. The predicted molar refractivity (Wildman–Crippen MR) is 85.9 cm³/mol. The van der Waals surface area contributed by atoms with Crippen molar-refractivity contribution in [3.05, 3.63) is 0 Å². The van der Waals surface area contributed by atoms with Crippen molar-refractivity contribution in [1.82, 2.24) is 10.2 Å². The molecule has 116 valence electrons. The molecule has 0 spiro atoms. The molecule has 0 amide bonds. The zero-order chi connectivity index (χ0) is 14.2. The molecule has 3 fully saturated rings. The number of rotatable bonds is 3. The van der Waals surface area contributed by atoms with E-state index in [1.54, 1.807) is 0 Å². The smallest absolute Gasteiger partial charge is 0.0156 e. The first-order valence-electron chi connectivity index (χ1n) is 9.03. The maximum absolute atomic E-state index is 3.67. The first kappa shape index (κ1) is 14.8. The van der Waals surface area contributed by atoms with E-state index in [0.29, 0.717) is 11.5 Å². The highest BCUT2D eigenvalue weighted by atomic mass is 15.2. The molecular weight excluding hydrogens is 244 g/mol. The highest BCUT2D eigenvalue weighted by Gasteiger charge is 2.41. The van der Waals surface area contributed by atoms with Crippen molar-refractivity contribution < 1.29 is 0 Å². The fourth-order valence-electron chi connectivity index (χ4n) is 5.69. The lowest BCUT2D eigenvalue weighted by Gasteiger charge is -2.47. The van der Waals surface area contributed by atoms with Crippen LogP contribution in [0.2, 0.25) is 0 Å². The van der Waals surface area contributed by atoms with Crippen LogP contribution < -0.4 is 5.32 Å². The molecule has 3 rings (SSSR count). The van der Waals surface area contributed by atoms with Gasteiger partial charge in [-0.2, -0.15) is 0 Å². The normalized spacial score (nSPS) is 41.5. The molecule has 1 heterocycles. The van der Waals surface area contributed by atoms with E-state index in [1.165, 1.54) is 64.5 Å². The summed E-state index contributed by atoms with van der Waals surface area (Å²) in [5, 5.41) is 3.67. The van der Waals surface area contributed by atoms with Gasteiger partial charge in [0.1, 0.15) is 0 Å². The molecule has 2 nitrogen and oxygen atoms in total. The van der Waals surface area contributed by atoms with Crippen LogP contribution in [0.15, 0.2) is 0 Å². The Hall–Kier alpha value is -0.0800. The number of nitrogens with zero attached hydrogens (tertiary/aromatic N) is 1. The second kappa shape index (κ2) is 5.96. The lowest BCUT2D eigenvalue weighted by molar-refractivity contribution is 0.0433. The van der Waals surface area contributed by atoms with E-state index in [-0.39, 0.29) is 0 Å². The van der Waals surface area contributed by atoms with Crippen LogP contribution in [-0.4, -0.2) is 37.1 Å². The topological polar surface area (TPSA) is 15.3 Å². The molecule has 1 N–H and O–H groups in total. The Balaban J connectivity index is 1.66. The maximum atomic E-state index is 3.67. The summed E-state index contributed by atoms with van der Waals surface area (Å²) in [7, 11) is 2.18. The van der Waals surface area contributed by atoms with Crippen molar-refractivity contribution in [3.8, 4) is 0 Å². The average molecular weight is 278 g/mol. The van der Waals surface area contributed by atoms with Crippen LogP contribution in [0.25, 0.3) is 0 Å². The summed E-state index contributed by atoms with van der Waals surface area (Å²) < 4.78 is 0. The Kier molecular flexibility index (Phi) is 4.42. The molecule has 0 aromatic heterocycles. The molecule has 1 saturated heterocycles. The van der Waals surface area contributed by atoms with Crippen LogP contribution in [0.3, 0.4) is 0 Å². The second-order valence-corrected chi connectivity index (χ2v) is 8.30. The van der Waals surface area contributed by atoms with Gasteiger partial charge in [0.05, 0.1) is 0 Å². The van der Waals surface area contributed by atoms with Gasteiger partial charge in [-0.05, 0) is 69.4 Å². The molecule has 0 radical (unpaired) electrons. The molecule has 4 unspecified atom stereocenters. The van der Waals surface area contributed by atoms with Crippen molar-refractivity contribution in [3.63, 3.8) is 0 Å². The van der Waals surface area contributed by atoms with Crippen LogP contribution in [-0.2, 0) is 0 Å². The minimum absolute atomic E-state index is 0.475. The van der Waals surface area contributed by atoms with Gasteiger partial charge >= 0.3 is 0 Å². The lowest BCUT2D eigenvalue weighted by Crippen LogP contribution is -2.54. The van der Waals surface area contributed by atoms with Gasteiger partial charge in [0.2, 0.25) is 0 Å². The van der Waals surface area contributed by atoms with Crippen LogP contribution >= 0.6 is 0 Å². The summed E-state index contributed by atoms with van der Waals surface area (Å²) in [6.07, 6.45) is 11.7. The molecule has 2 saturated carbocycles. The summed E-state index contributed by atoms with van der Waals surface area (Å²) in [6.45, 7) is 7.66. The Morgan fingerprint density at radius 2 is 1.85 bits per heavy atom. The van der Waals surface area contributed by atoms with Gasteiger partial charge in [0.25, 0.3) is 0 Å². The van der Waals surface area contributed by atoms with Gasteiger partial charge in [-0.15, -0.1) is 0 Å². The highest BCUT2D eigenvalue weighted by Crippen LogP contribution is 2.42. The highest BCUT2D eigenvalue weighted by molar-refractivity contribution is 4.96. The molecule has 3 aliphatic rings. The zero-order valence-electron chi connectivity index (χ0n) is 13.8. The Morgan fingerprint density at radius 1 is 1.05 bits per heavy atom. The molecule has 0 aromatic rings. The van der Waals surface area contributed by atoms with Crippen LogP contribution in [0.1, 0.15) is 65.2 Å². The molecule has 2 heteroatoms.